The van der Waals surface area contributed by atoms with E-state index in [9.17, 15) is 0 Å². The summed E-state index contributed by atoms with van der Waals surface area (Å²) in [4.78, 5) is 0. The summed E-state index contributed by atoms with van der Waals surface area (Å²) in [6, 6.07) is 0. The van der Waals surface area contributed by atoms with Crippen LogP contribution < -0.4 is 0 Å². The van der Waals surface area contributed by atoms with Gasteiger partial charge in [0.15, 0.2) is 0 Å². The van der Waals surface area contributed by atoms with Crippen LogP contribution in [0.5, 0.6) is 0 Å². The molecule has 0 N–H and O–H groups in total. The average Bonchev–Trinajstić information content (AvgIpc) is 2.69. The van der Waals surface area contributed by atoms with Crippen molar-refractivity contribution in [3.63, 3.8) is 0 Å². The zero-order valence-electron chi connectivity index (χ0n) is 6.72. The lowest BCUT2D eigenvalue weighted by Gasteiger charge is -2.35. The molecule has 0 saturated heterocycles. The molecule has 2 fully saturated rings. The van der Waals surface area contributed by atoms with Crippen LogP contribution in [0.15, 0.2) is 11.6 Å². The van der Waals surface area contributed by atoms with Crippen molar-refractivity contribution in [2.45, 2.75) is 26.7 Å². The normalized spacial score (nSPS) is 62.2. The molecule has 0 bridgehead atoms. The first-order chi connectivity index (χ1) is 4.75. The maximum absolute atomic E-state index is 2.55. The van der Waals surface area contributed by atoms with Crippen molar-refractivity contribution in [1.29, 1.82) is 0 Å². The number of hydrogen-bond donors (Lipinski definition) is 0. The molecule has 10 heavy (non-hydrogen) atoms. The van der Waals surface area contributed by atoms with E-state index in [0.717, 1.165) is 23.2 Å². The number of allylic oxidation sites excluding steroid dienone is 2. The summed E-state index contributed by atoms with van der Waals surface area (Å²) in [5.74, 6) is 3.11. The molecule has 0 aromatic rings. The standard InChI is InChI=1S/C10H14/c1-6-3-9(6)10-5-8(10)4-7(10)2/h5-7,9H,3-4H2,1-2H3. The first kappa shape index (κ1) is 5.40. The van der Waals surface area contributed by atoms with Crippen LogP contribution in [0, 0.1) is 23.2 Å². The van der Waals surface area contributed by atoms with Crippen LogP contribution in [0.3, 0.4) is 0 Å². The summed E-state index contributed by atoms with van der Waals surface area (Å²) in [5.41, 5.74) is 2.52. The fourth-order valence-electron chi connectivity index (χ4n) is 3.01. The lowest BCUT2D eigenvalue weighted by atomic mass is 9.68. The van der Waals surface area contributed by atoms with Crippen LogP contribution in [0.2, 0.25) is 0 Å². The molecule has 0 aromatic heterocycles. The van der Waals surface area contributed by atoms with Crippen molar-refractivity contribution in [1.82, 2.24) is 0 Å². The van der Waals surface area contributed by atoms with Crippen LogP contribution in [-0.2, 0) is 0 Å². The van der Waals surface area contributed by atoms with E-state index in [1.165, 1.54) is 12.8 Å². The molecule has 0 amide bonds. The van der Waals surface area contributed by atoms with Gasteiger partial charge in [0.25, 0.3) is 0 Å². The number of hydrogen-bond acceptors (Lipinski definition) is 0. The largest absolute Gasteiger partial charge is 0.0736 e. The zero-order chi connectivity index (χ0) is 6.93. The van der Waals surface area contributed by atoms with Crippen molar-refractivity contribution in [2.24, 2.45) is 23.2 Å². The Balaban J connectivity index is 1.84. The first-order valence-electron chi connectivity index (χ1n) is 4.47. The van der Waals surface area contributed by atoms with Gasteiger partial charge < -0.3 is 0 Å². The average molecular weight is 134 g/mol. The second kappa shape index (κ2) is 1.22. The van der Waals surface area contributed by atoms with Crippen LogP contribution in [0.25, 0.3) is 0 Å². The third kappa shape index (κ3) is 0.372. The molecule has 0 heterocycles. The lowest BCUT2D eigenvalue weighted by Crippen LogP contribution is -2.28. The quantitative estimate of drug-likeness (QED) is 0.483. The lowest BCUT2D eigenvalue weighted by molar-refractivity contribution is 0.230. The minimum Gasteiger partial charge on any atom is -0.0736 e. The molecule has 4 unspecified atom stereocenters. The van der Waals surface area contributed by atoms with Gasteiger partial charge in [-0.25, -0.2) is 0 Å². The number of fused-ring (bicyclic) bond motifs is 1. The van der Waals surface area contributed by atoms with Gasteiger partial charge in [0.05, 0.1) is 0 Å². The molecule has 0 aliphatic heterocycles. The van der Waals surface area contributed by atoms with E-state index in [-0.39, 0.29) is 0 Å². The van der Waals surface area contributed by atoms with E-state index in [1.807, 2.05) is 0 Å². The Morgan fingerprint density at radius 3 is 2.40 bits per heavy atom. The maximum Gasteiger partial charge on any atom is 0.0154 e. The summed E-state index contributed by atoms with van der Waals surface area (Å²) in [5, 5.41) is 0. The Morgan fingerprint density at radius 2 is 2.20 bits per heavy atom. The van der Waals surface area contributed by atoms with Crippen molar-refractivity contribution in [3.05, 3.63) is 11.6 Å². The molecule has 3 rings (SSSR count). The Bertz CT molecular complexity index is 226. The summed E-state index contributed by atoms with van der Waals surface area (Å²) in [6.07, 6.45) is 5.47. The Labute approximate surface area is 62.3 Å². The van der Waals surface area contributed by atoms with Crippen molar-refractivity contribution >= 4 is 0 Å². The predicted molar refractivity (Wildman–Crippen MR) is 41.6 cm³/mol. The van der Waals surface area contributed by atoms with Gasteiger partial charge in [-0.05, 0) is 30.6 Å². The molecule has 0 aromatic carbocycles. The molecule has 0 nitrogen and oxygen atoms in total. The minimum absolute atomic E-state index is 0.722. The van der Waals surface area contributed by atoms with Gasteiger partial charge in [-0.3, -0.25) is 0 Å². The summed E-state index contributed by atoms with van der Waals surface area (Å²) < 4.78 is 0. The highest BCUT2D eigenvalue weighted by atomic mass is 14.7. The van der Waals surface area contributed by atoms with Crippen LogP contribution >= 0.6 is 0 Å². The van der Waals surface area contributed by atoms with E-state index in [4.69, 9.17) is 0 Å². The van der Waals surface area contributed by atoms with E-state index >= 15 is 0 Å². The summed E-state index contributed by atoms with van der Waals surface area (Å²) in [7, 11) is 0. The van der Waals surface area contributed by atoms with Gasteiger partial charge >= 0.3 is 0 Å². The van der Waals surface area contributed by atoms with Crippen molar-refractivity contribution in [2.75, 3.05) is 0 Å². The molecule has 0 radical (unpaired) electrons. The fourth-order valence-corrected chi connectivity index (χ4v) is 3.01. The molecule has 3 aliphatic rings. The van der Waals surface area contributed by atoms with E-state index in [0.29, 0.717) is 0 Å². The first-order valence-corrected chi connectivity index (χ1v) is 4.47. The number of rotatable bonds is 1. The predicted octanol–water partition coefficient (Wildman–Crippen LogP) is 2.61. The molecule has 2 saturated carbocycles. The van der Waals surface area contributed by atoms with Crippen LogP contribution in [0.1, 0.15) is 26.7 Å². The van der Waals surface area contributed by atoms with Gasteiger partial charge in [0.2, 0.25) is 0 Å². The van der Waals surface area contributed by atoms with E-state index < -0.39 is 0 Å². The highest BCUT2D eigenvalue weighted by Gasteiger charge is 2.66. The Hall–Kier alpha value is -0.260. The smallest absolute Gasteiger partial charge is 0.0154 e. The highest BCUT2D eigenvalue weighted by molar-refractivity contribution is 5.50. The van der Waals surface area contributed by atoms with Crippen molar-refractivity contribution in [3.8, 4) is 0 Å². The zero-order valence-corrected chi connectivity index (χ0v) is 6.72. The SMILES string of the molecule is CC1CC1C12C=C1CC2C. The molecule has 3 aliphatic carbocycles. The molecular weight excluding hydrogens is 120 g/mol. The summed E-state index contributed by atoms with van der Waals surface area (Å²) >= 11 is 0. The Morgan fingerprint density at radius 1 is 1.50 bits per heavy atom. The third-order valence-electron chi connectivity index (χ3n) is 3.95. The maximum atomic E-state index is 2.55. The topological polar surface area (TPSA) is 0 Å². The van der Waals surface area contributed by atoms with Gasteiger partial charge in [-0.1, -0.05) is 25.5 Å². The fraction of sp³-hybridized carbons (Fsp3) is 0.800. The van der Waals surface area contributed by atoms with Crippen LogP contribution in [-0.4, -0.2) is 0 Å². The second-order valence-corrected chi connectivity index (χ2v) is 4.53. The minimum atomic E-state index is 0.722. The molecular formula is C10H14. The molecule has 4 atom stereocenters. The van der Waals surface area contributed by atoms with E-state index in [2.05, 4.69) is 19.9 Å². The summed E-state index contributed by atoms with van der Waals surface area (Å²) in [6.45, 7) is 4.81. The van der Waals surface area contributed by atoms with Gasteiger partial charge in [0, 0.05) is 5.41 Å². The van der Waals surface area contributed by atoms with E-state index in [1.54, 1.807) is 5.57 Å². The molecule has 0 spiro atoms. The van der Waals surface area contributed by atoms with Gasteiger partial charge in [-0.15, -0.1) is 0 Å². The highest BCUT2D eigenvalue weighted by Crippen LogP contribution is 2.74. The van der Waals surface area contributed by atoms with Gasteiger partial charge in [-0.2, -0.15) is 0 Å². The van der Waals surface area contributed by atoms with Crippen LogP contribution in [0.4, 0.5) is 0 Å². The monoisotopic (exact) mass is 134 g/mol. The van der Waals surface area contributed by atoms with Crippen molar-refractivity contribution < 1.29 is 0 Å². The second-order valence-electron chi connectivity index (χ2n) is 4.53. The van der Waals surface area contributed by atoms with Gasteiger partial charge in [0.1, 0.15) is 0 Å². The third-order valence-corrected chi connectivity index (χ3v) is 3.95. The molecule has 54 valence electrons. The Kier molecular flexibility index (Phi) is 0.657. The molecule has 0 heteroatoms.